The van der Waals surface area contributed by atoms with Crippen LogP contribution >= 0.6 is 0 Å². The second-order valence-electron chi connectivity index (χ2n) is 3.54. The van der Waals surface area contributed by atoms with E-state index >= 15 is 0 Å². The van der Waals surface area contributed by atoms with Gasteiger partial charge in [-0.3, -0.25) is 5.43 Å². The van der Waals surface area contributed by atoms with Gasteiger partial charge in [0.2, 0.25) is 0 Å². The Morgan fingerprint density at radius 1 is 1.50 bits per heavy atom. The van der Waals surface area contributed by atoms with Crippen LogP contribution in [0.4, 0.5) is 5.82 Å². The number of hydrazone groups is 1. The maximum atomic E-state index is 11.0. The molecule has 3 N–H and O–H groups in total. The van der Waals surface area contributed by atoms with Gasteiger partial charge in [-0.25, -0.2) is 9.89 Å². The minimum Gasteiger partial charge on any atom is -0.508 e. The Labute approximate surface area is 102 Å². The minimum atomic E-state index is -0.546. The number of rotatable bonds is 3. The molecule has 0 bridgehead atoms. The Morgan fingerprint density at radius 2 is 2.33 bits per heavy atom. The van der Waals surface area contributed by atoms with E-state index in [9.17, 15) is 9.90 Å². The Bertz CT molecular complexity index is 635. The van der Waals surface area contributed by atoms with Gasteiger partial charge in [0, 0.05) is 0 Å². The molecule has 0 saturated heterocycles. The number of H-pyrrole nitrogens is 1. The van der Waals surface area contributed by atoms with E-state index in [-0.39, 0.29) is 11.6 Å². The molecule has 1 aromatic heterocycles. The molecule has 7 nitrogen and oxygen atoms in total. The maximum Gasteiger partial charge on any atom is 0.363 e. The molecule has 1 heterocycles. The third-order valence-corrected chi connectivity index (χ3v) is 2.13. The smallest absolute Gasteiger partial charge is 0.363 e. The first-order valence-electron chi connectivity index (χ1n) is 5.16. The van der Waals surface area contributed by atoms with Crippen LogP contribution in [0, 0.1) is 6.92 Å². The summed E-state index contributed by atoms with van der Waals surface area (Å²) in [5.74, 6) is 0.446. The van der Waals surface area contributed by atoms with Crippen LogP contribution in [0.15, 0.2) is 34.2 Å². The van der Waals surface area contributed by atoms with E-state index in [0.717, 1.165) is 5.56 Å². The zero-order valence-corrected chi connectivity index (χ0v) is 9.58. The lowest BCUT2D eigenvalue weighted by molar-refractivity contribution is 0.475. The first kappa shape index (κ1) is 11.8. The van der Waals surface area contributed by atoms with Gasteiger partial charge in [0.15, 0.2) is 5.82 Å². The van der Waals surface area contributed by atoms with Gasteiger partial charge in [-0.05, 0) is 24.6 Å². The first-order chi connectivity index (χ1) is 8.65. The van der Waals surface area contributed by atoms with Gasteiger partial charge in [0.25, 0.3) is 0 Å². The standard InChI is InChI=1S/C11H11N5O2/c1-7-10(13-11(18)16-14-7)15-12-6-8-3-2-4-9(17)5-8/h2-6,17H,1H3,(H2,13,15,16,18)/b12-6+. The van der Waals surface area contributed by atoms with E-state index < -0.39 is 5.69 Å². The summed E-state index contributed by atoms with van der Waals surface area (Å²) in [6.45, 7) is 1.69. The molecule has 18 heavy (non-hydrogen) atoms. The zero-order valence-electron chi connectivity index (χ0n) is 9.58. The number of aromatic amines is 1. The van der Waals surface area contributed by atoms with E-state index in [1.54, 1.807) is 31.2 Å². The van der Waals surface area contributed by atoms with Gasteiger partial charge in [0.05, 0.1) is 6.21 Å². The summed E-state index contributed by atoms with van der Waals surface area (Å²) in [5, 5.41) is 19.1. The number of hydrogen-bond donors (Lipinski definition) is 3. The van der Waals surface area contributed by atoms with Crippen molar-refractivity contribution >= 4 is 12.0 Å². The molecule has 0 aliphatic rings. The predicted octanol–water partition coefficient (Wildman–Crippen LogP) is 0.625. The van der Waals surface area contributed by atoms with Crippen molar-refractivity contribution in [2.24, 2.45) is 5.10 Å². The molecule has 0 amide bonds. The molecule has 0 radical (unpaired) electrons. The summed E-state index contributed by atoms with van der Waals surface area (Å²) in [4.78, 5) is 14.6. The second kappa shape index (κ2) is 5.09. The monoisotopic (exact) mass is 245 g/mol. The lowest BCUT2D eigenvalue weighted by atomic mass is 10.2. The van der Waals surface area contributed by atoms with Crippen molar-refractivity contribution in [3.8, 4) is 5.75 Å². The van der Waals surface area contributed by atoms with Gasteiger partial charge < -0.3 is 5.11 Å². The summed E-state index contributed by atoms with van der Waals surface area (Å²) in [6.07, 6.45) is 1.50. The van der Waals surface area contributed by atoms with E-state index in [1.165, 1.54) is 6.21 Å². The van der Waals surface area contributed by atoms with Crippen molar-refractivity contribution < 1.29 is 5.11 Å². The van der Waals surface area contributed by atoms with Crippen molar-refractivity contribution in [1.82, 2.24) is 15.2 Å². The van der Waals surface area contributed by atoms with E-state index in [1.807, 2.05) is 0 Å². The van der Waals surface area contributed by atoms with Crippen LogP contribution in [0.1, 0.15) is 11.3 Å². The topological polar surface area (TPSA) is 103 Å². The number of nitrogens with one attached hydrogen (secondary N) is 2. The predicted molar refractivity (Wildman–Crippen MR) is 66.7 cm³/mol. The van der Waals surface area contributed by atoms with Gasteiger partial charge in [-0.15, -0.1) is 0 Å². The molecule has 0 atom stereocenters. The lowest BCUT2D eigenvalue weighted by Crippen LogP contribution is -2.15. The maximum absolute atomic E-state index is 11.0. The van der Waals surface area contributed by atoms with Crippen LogP contribution < -0.4 is 11.1 Å². The Hall–Kier alpha value is -2.70. The molecular weight excluding hydrogens is 234 g/mol. The molecule has 0 aliphatic carbocycles. The number of hydrogen-bond acceptors (Lipinski definition) is 6. The summed E-state index contributed by atoms with van der Waals surface area (Å²) in [5.41, 5.74) is 3.32. The van der Waals surface area contributed by atoms with Crippen LogP contribution in [0.2, 0.25) is 0 Å². The average Bonchev–Trinajstić information content (AvgIpc) is 2.34. The molecule has 2 aromatic rings. The number of aryl methyl sites for hydroxylation is 1. The highest BCUT2D eigenvalue weighted by atomic mass is 16.3. The fraction of sp³-hybridized carbons (Fsp3) is 0.0909. The average molecular weight is 245 g/mol. The largest absolute Gasteiger partial charge is 0.508 e. The third-order valence-electron chi connectivity index (χ3n) is 2.13. The highest BCUT2D eigenvalue weighted by Crippen LogP contribution is 2.09. The summed E-state index contributed by atoms with van der Waals surface area (Å²) in [6, 6.07) is 6.61. The molecule has 7 heteroatoms. The molecule has 92 valence electrons. The molecule has 0 saturated carbocycles. The van der Waals surface area contributed by atoms with Crippen molar-refractivity contribution in [3.05, 3.63) is 46.0 Å². The van der Waals surface area contributed by atoms with Gasteiger partial charge in [0.1, 0.15) is 11.4 Å². The second-order valence-corrected chi connectivity index (χ2v) is 3.54. The van der Waals surface area contributed by atoms with Crippen LogP contribution in [0.5, 0.6) is 5.75 Å². The van der Waals surface area contributed by atoms with Crippen molar-refractivity contribution in [3.63, 3.8) is 0 Å². The minimum absolute atomic E-state index is 0.158. The Kier molecular flexibility index (Phi) is 3.33. The quantitative estimate of drug-likeness (QED) is 0.543. The number of phenols is 1. The molecule has 2 rings (SSSR count). The summed E-state index contributed by atoms with van der Waals surface area (Å²) >= 11 is 0. The summed E-state index contributed by atoms with van der Waals surface area (Å²) < 4.78 is 0. The summed E-state index contributed by atoms with van der Waals surface area (Å²) in [7, 11) is 0. The molecule has 0 unspecified atom stereocenters. The van der Waals surface area contributed by atoms with Gasteiger partial charge in [-0.2, -0.15) is 15.2 Å². The molecule has 0 fully saturated rings. The molecule has 0 spiro atoms. The Balaban J connectivity index is 2.12. The normalized spacial score (nSPS) is 10.7. The number of aromatic nitrogens is 3. The fourth-order valence-corrected chi connectivity index (χ4v) is 1.27. The zero-order chi connectivity index (χ0) is 13.0. The lowest BCUT2D eigenvalue weighted by Gasteiger charge is -2.00. The molecule has 0 aliphatic heterocycles. The van der Waals surface area contributed by atoms with E-state index in [2.05, 4.69) is 25.7 Å². The van der Waals surface area contributed by atoms with Crippen LogP contribution in [-0.4, -0.2) is 26.5 Å². The molecule has 1 aromatic carbocycles. The van der Waals surface area contributed by atoms with Crippen LogP contribution in [0.25, 0.3) is 0 Å². The van der Waals surface area contributed by atoms with Gasteiger partial charge in [-0.1, -0.05) is 12.1 Å². The van der Waals surface area contributed by atoms with Crippen molar-refractivity contribution in [2.75, 3.05) is 5.43 Å². The van der Waals surface area contributed by atoms with Crippen molar-refractivity contribution in [1.29, 1.82) is 0 Å². The van der Waals surface area contributed by atoms with Gasteiger partial charge >= 0.3 is 5.69 Å². The number of phenolic OH excluding ortho intramolecular Hbond substituents is 1. The van der Waals surface area contributed by atoms with Crippen LogP contribution in [-0.2, 0) is 0 Å². The number of anilines is 1. The van der Waals surface area contributed by atoms with E-state index in [0.29, 0.717) is 5.69 Å². The molecular formula is C11H11N5O2. The van der Waals surface area contributed by atoms with Crippen molar-refractivity contribution in [2.45, 2.75) is 6.92 Å². The highest BCUT2D eigenvalue weighted by molar-refractivity contribution is 5.80. The Morgan fingerprint density at radius 3 is 3.11 bits per heavy atom. The first-order valence-corrected chi connectivity index (χ1v) is 5.16. The number of benzene rings is 1. The highest BCUT2D eigenvalue weighted by Gasteiger charge is 1.99. The van der Waals surface area contributed by atoms with Crippen LogP contribution in [0.3, 0.4) is 0 Å². The number of aromatic hydroxyl groups is 1. The SMILES string of the molecule is Cc1n[nH]c(=O)nc1N/N=C/c1cccc(O)c1. The third kappa shape index (κ3) is 2.91. The number of nitrogens with zero attached hydrogens (tertiary/aromatic N) is 3. The fourth-order valence-electron chi connectivity index (χ4n) is 1.27. The van der Waals surface area contributed by atoms with E-state index in [4.69, 9.17) is 0 Å².